The smallest absolute Gasteiger partial charge is 0.0564 e. The molecule has 1 aromatic rings. The number of ether oxygens (including phenoxy) is 1. The number of hydrogen-bond acceptors (Lipinski definition) is 5. The zero-order chi connectivity index (χ0) is 12.8. The summed E-state index contributed by atoms with van der Waals surface area (Å²) in [6.45, 7) is 3.97. The van der Waals surface area contributed by atoms with Crippen molar-refractivity contribution < 1.29 is 4.74 Å². The number of hydrazine groups is 1. The van der Waals surface area contributed by atoms with Gasteiger partial charge in [0.1, 0.15) is 0 Å². The third-order valence-corrected chi connectivity index (χ3v) is 3.37. The molecule has 3 N–H and O–H groups in total. The van der Waals surface area contributed by atoms with Gasteiger partial charge in [-0.2, -0.15) is 0 Å². The third-order valence-electron chi connectivity index (χ3n) is 3.37. The topological polar surface area (TPSA) is 63.4 Å². The van der Waals surface area contributed by atoms with Crippen LogP contribution < -0.4 is 11.3 Å². The second-order valence-corrected chi connectivity index (χ2v) is 4.88. The number of anilines is 1. The second-order valence-electron chi connectivity index (χ2n) is 4.88. The van der Waals surface area contributed by atoms with E-state index in [0.29, 0.717) is 5.92 Å². The number of nitrogens with two attached hydrogens (primary N) is 1. The quantitative estimate of drug-likeness (QED) is 0.608. The van der Waals surface area contributed by atoms with Gasteiger partial charge in [0.15, 0.2) is 0 Å². The molecule has 1 fully saturated rings. The fraction of sp³-hybridized carbons (Fsp3) is 0.615. The van der Waals surface area contributed by atoms with Crippen LogP contribution in [0.3, 0.4) is 0 Å². The van der Waals surface area contributed by atoms with Crippen LogP contribution >= 0.6 is 0 Å². The highest BCUT2D eigenvalue weighted by Gasteiger charge is 2.20. The SMILES string of the molecule is COCC1CCCN(Cc2cc(NN)ccn2)C1. The molecule has 0 aliphatic carbocycles. The molecule has 0 aromatic carbocycles. The van der Waals surface area contributed by atoms with Crippen LogP contribution in [0.4, 0.5) is 5.69 Å². The van der Waals surface area contributed by atoms with Crippen LogP contribution in [0.5, 0.6) is 0 Å². The number of piperidine rings is 1. The Hall–Kier alpha value is -1.17. The van der Waals surface area contributed by atoms with Gasteiger partial charge in [-0.3, -0.25) is 15.7 Å². The first kappa shape index (κ1) is 13.3. The largest absolute Gasteiger partial charge is 0.384 e. The Morgan fingerprint density at radius 3 is 3.28 bits per heavy atom. The molecule has 1 saturated heterocycles. The molecule has 1 aromatic heterocycles. The number of aromatic nitrogens is 1. The van der Waals surface area contributed by atoms with Crippen LogP contribution in [0.15, 0.2) is 18.3 Å². The minimum atomic E-state index is 0.652. The highest BCUT2D eigenvalue weighted by Crippen LogP contribution is 2.18. The summed E-state index contributed by atoms with van der Waals surface area (Å²) in [5, 5.41) is 0. The van der Waals surface area contributed by atoms with E-state index in [4.69, 9.17) is 10.6 Å². The molecule has 0 radical (unpaired) electrons. The number of hydrogen-bond donors (Lipinski definition) is 2. The van der Waals surface area contributed by atoms with Crippen LogP contribution in [0.25, 0.3) is 0 Å². The van der Waals surface area contributed by atoms with Gasteiger partial charge in [-0.15, -0.1) is 0 Å². The lowest BCUT2D eigenvalue weighted by atomic mass is 9.99. The number of likely N-dealkylation sites (tertiary alicyclic amines) is 1. The maximum Gasteiger partial charge on any atom is 0.0564 e. The molecule has 1 atom stereocenters. The minimum absolute atomic E-state index is 0.652. The van der Waals surface area contributed by atoms with Crippen molar-refractivity contribution in [3.05, 3.63) is 24.0 Å². The molecule has 2 heterocycles. The highest BCUT2D eigenvalue weighted by atomic mass is 16.5. The molecule has 0 spiro atoms. The van der Waals surface area contributed by atoms with Gasteiger partial charge in [0.25, 0.3) is 0 Å². The van der Waals surface area contributed by atoms with Crippen LogP contribution in [0.2, 0.25) is 0 Å². The number of nitrogen functional groups attached to an aromatic ring is 1. The summed E-state index contributed by atoms with van der Waals surface area (Å²) in [5.41, 5.74) is 4.62. The van der Waals surface area contributed by atoms with E-state index in [1.54, 1.807) is 13.3 Å². The van der Waals surface area contributed by atoms with Crippen molar-refractivity contribution in [2.75, 3.05) is 32.2 Å². The molecular weight excluding hydrogens is 228 g/mol. The average molecular weight is 250 g/mol. The molecule has 5 nitrogen and oxygen atoms in total. The summed E-state index contributed by atoms with van der Waals surface area (Å²) in [5.74, 6) is 6.06. The third kappa shape index (κ3) is 3.66. The Labute approximate surface area is 108 Å². The Morgan fingerprint density at radius 2 is 2.50 bits per heavy atom. The molecule has 0 bridgehead atoms. The Kier molecular flexibility index (Phi) is 4.92. The van der Waals surface area contributed by atoms with E-state index in [-0.39, 0.29) is 0 Å². The summed E-state index contributed by atoms with van der Waals surface area (Å²) in [4.78, 5) is 6.82. The van der Waals surface area contributed by atoms with Crippen molar-refractivity contribution in [3.8, 4) is 0 Å². The standard InChI is InChI=1S/C13H22N4O/c1-18-10-11-3-2-6-17(8-11)9-13-7-12(16-14)4-5-15-13/h4-5,7,11H,2-3,6,8-10,14H2,1H3,(H,15,16). The van der Waals surface area contributed by atoms with Crippen LogP contribution in [0.1, 0.15) is 18.5 Å². The first-order chi connectivity index (χ1) is 8.81. The van der Waals surface area contributed by atoms with Gasteiger partial charge < -0.3 is 10.2 Å². The number of methoxy groups -OCH3 is 1. The Balaban J connectivity index is 1.91. The molecule has 1 aliphatic rings. The Morgan fingerprint density at radius 1 is 1.61 bits per heavy atom. The van der Waals surface area contributed by atoms with Crippen molar-refractivity contribution in [1.29, 1.82) is 0 Å². The van der Waals surface area contributed by atoms with Crippen molar-refractivity contribution >= 4 is 5.69 Å². The molecule has 0 amide bonds. The summed E-state index contributed by atoms with van der Waals surface area (Å²) < 4.78 is 5.25. The maximum absolute atomic E-state index is 5.41. The van der Waals surface area contributed by atoms with Gasteiger partial charge in [0, 0.05) is 26.4 Å². The van der Waals surface area contributed by atoms with Crippen LogP contribution in [-0.4, -0.2) is 36.7 Å². The normalized spacial score (nSPS) is 20.9. The maximum atomic E-state index is 5.41. The predicted octanol–water partition coefficient (Wildman–Crippen LogP) is 1.23. The van der Waals surface area contributed by atoms with Crippen molar-refractivity contribution in [2.24, 2.45) is 11.8 Å². The molecule has 100 valence electrons. The monoisotopic (exact) mass is 250 g/mol. The summed E-state index contributed by atoms with van der Waals surface area (Å²) in [7, 11) is 1.77. The van der Waals surface area contributed by atoms with E-state index >= 15 is 0 Å². The van der Waals surface area contributed by atoms with Gasteiger partial charge in [0.05, 0.1) is 18.0 Å². The van der Waals surface area contributed by atoms with Crippen molar-refractivity contribution in [2.45, 2.75) is 19.4 Å². The number of nitrogens with zero attached hydrogens (tertiary/aromatic N) is 2. The van der Waals surface area contributed by atoms with Crippen molar-refractivity contribution in [1.82, 2.24) is 9.88 Å². The van der Waals surface area contributed by atoms with E-state index in [0.717, 1.165) is 37.6 Å². The lowest BCUT2D eigenvalue weighted by molar-refractivity contribution is 0.0868. The van der Waals surface area contributed by atoms with Gasteiger partial charge in [-0.05, 0) is 37.4 Å². The molecule has 1 unspecified atom stereocenters. The van der Waals surface area contributed by atoms with Gasteiger partial charge in [0.2, 0.25) is 0 Å². The first-order valence-electron chi connectivity index (χ1n) is 6.44. The molecule has 2 rings (SSSR count). The van der Waals surface area contributed by atoms with E-state index in [1.165, 1.54) is 12.8 Å². The van der Waals surface area contributed by atoms with E-state index in [1.807, 2.05) is 12.1 Å². The summed E-state index contributed by atoms with van der Waals surface area (Å²) in [6, 6.07) is 3.87. The van der Waals surface area contributed by atoms with Crippen LogP contribution in [0, 0.1) is 5.92 Å². The number of pyridine rings is 1. The number of rotatable bonds is 5. The zero-order valence-electron chi connectivity index (χ0n) is 10.9. The van der Waals surface area contributed by atoms with Crippen LogP contribution in [-0.2, 0) is 11.3 Å². The second kappa shape index (κ2) is 6.68. The molecule has 0 saturated carbocycles. The molecule has 18 heavy (non-hydrogen) atoms. The lowest BCUT2D eigenvalue weighted by Crippen LogP contribution is -2.36. The van der Waals surface area contributed by atoms with Crippen molar-refractivity contribution in [3.63, 3.8) is 0 Å². The van der Waals surface area contributed by atoms with Gasteiger partial charge in [-0.1, -0.05) is 0 Å². The molecule has 1 aliphatic heterocycles. The first-order valence-corrected chi connectivity index (χ1v) is 6.44. The average Bonchev–Trinajstić information content (AvgIpc) is 2.40. The lowest BCUT2D eigenvalue weighted by Gasteiger charge is -2.32. The molecular formula is C13H22N4O. The van der Waals surface area contributed by atoms with Gasteiger partial charge in [-0.25, -0.2) is 0 Å². The summed E-state index contributed by atoms with van der Waals surface area (Å²) in [6.07, 6.45) is 4.30. The summed E-state index contributed by atoms with van der Waals surface area (Å²) >= 11 is 0. The minimum Gasteiger partial charge on any atom is -0.384 e. The zero-order valence-corrected chi connectivity index (χ0v) is 10.9. The van der Waals surface area contributed by atoms with E-state index < -0.39 is 0 Å². The van der Waals surface area contributed by atoms with Gasteiger partial charge >= 0.3 is 0 Å². The Bertz CT molecular complexity index is 370. The molecule has 5 heteroatoms. The van der Waals surface area contributed by atoms with E-state index in [2.05, 4.69) is 15.3 Å². The fourth-order valence-corrected chi connectivity index (χ4v) is 2.55. The highest BCUT2D eigenvalue weighted by molar-refractivity contribution is 5.41. The number of nitrogens with one attached hydrogen (secondary N) is 1. The van der Waals surface area contributed by atoms with E-state index in [9.17, 15) is 0 Å². The fourth-order valence-electron chi connectivity index (χ4n) is 2.55. The predicted molar refractivity (Wildman–Crippen MR) is 71.9 cm³/mol.